The molecule has 6 nitrogen and oxygen atoms in total. The lowest BCUT2D eigenvalue weighted by atomic mass is 10.1. The number of nitrogens with one attached hydrogen (secondary N) is 1. The van der Waals surface area contributed by atoms with Crippen LogP contribution in [0.25, 0.3) is 0 Å². The van der Waals surface area contributed by atoms with Crippen LogP contribution in [-0.4, -0.2) is 37.6 Å². The number of pyridine rings is 1. The van der Waals surface area contributed by atoms with Crippen molar-refractivity contribution in [3.05, 3.63) is 24.0 Å². The van der Waals surface area contributed by atoms with Gasteiger partial charge >= 0.3 is 0 Å². The molecule has 1 aliphatic heterocycles. The molecule has 3 N–H and O–H groups in total. The van der Waals surface area contributed by atoms with Crippen LogP contribution in [0.2, 0.25) is 0 Å². The molecule has 0 amide bonds. The lowest BCUT2D eigenvalue weighted by Crippen LogP contribution is -2.40. The Morgan fingerprint density at radius 1 is 1.53 bits per heavy atom. The van der Waals surface area contributed by atoms with Gasteiger partial charge in [0, 0.05) is 18.8 Å². The summed E-state index contributed by atoms with van der Waals surface area (Å²) in [5, 5.41) is 0. The van der Waals surface area contributed by atoms with E-state index in [0.29, 0.717) is 18.9 Å². The van der Waals surface area contributed by atoms with Crippen molar-refractivity contribution in [2.75, 3.05) is 13.2 Å². The maximum atomic E-state index is 12.1. The summed E-state index contributed by atoms with van der Waals surface area (Å²) >= 11 is 4.76. The van der Waals surface area contributed by atoms with E-state index in [9.17, 15) is 8.42 Å². The number of rotatable bonds is 4. The van der Waals surface area contributed by atoms with E-state index in [0.717, 1.165) is 12.8 Å². The maximum Gasteiger partial charge on any atom is 0.242 e. The molecule has 0 saturated carbocycles. The van der Waals surface area contributed by atoms with Gasteiger partial charge < -0.3 is 10.5 Å². The summed E-state index contributed by atoms with van der Waals surface area (Å²) in [5.41, 5.74) is 5.81. The Bertz CT molecular complexity index is 551. The molecule has 1 atom stereocenters. The molecule has 1 unspecified atom stereocenters. The predicted molar refractivity (Wildman–Crippen MR) is 74.3 cm³/mol. The summed E-state index contributed by atoms with van der Waals surface area (Å²) in [6.07, 6.45) is 2.88. The highest BCUT2D eigenvalue weighted by Gasteiger charge is 2.22. The van der Waals surface area contributed by atoms with Crippen LogP contribution in [0.1, 0.15) is 18.5 Å². The first-order valence-corrected chi connectivity index (χ1v) is 7.74. The SMILES string of the molecule is NC(=S)c1ccc(S(=O)(=O)NC2CCCOC2)cn1. The Balaban J connectivity index is 2.12. The van der Waals surface area contributed by atoms with Crippen molar-refractivity contribution in [3.63, 3.8) is 0 Å². The average Bonchev–Trinajstić information content (AvgIpc) is 2.39. The molecule has 8 heteroatoms. The number of aromatic nitrogens is 1. The molecule has 1 aromatic rings. The van der Waals surface area contributed by atoms with Gasteiger partial charge in [0.1, 0.15) is 9.88 Å². The van der Waals surface area contributed by atoms with Crippen LogP contribution in [0, 0.1) is 0 Å². The average molecular weight is 301 g/mol. The number of nitrogens with zero attached hydrogens (tertiary/aromatic N) is 1. The minimum atomic E-state index is -3.58. The van der Waals surface area contributed by atoms with Crippen LogP contribution >= 0.6 is 12.2 Å². The zero-order valence-corrected chi connectivity index (χ0v) is 11.8. The first-order valence-electron chi connectivity index (χ1n) is 5.85. The minimum absolute atomic E-state index is 0.0954. The van der Waals surface area contributed by atoms with Gasteiger partial charge in [0.05, 0.1) is 12.3 Å². The molecule has 1 saturated heterocycles. The summed E-state index contributed by atoms with van der Waals surface area (Å²) in [4.78, 5) is 4.15. The number of ether oxygens (including phenoxy) is 1. The Morgan fingerprint density at radius 3 is 2.84 bits per heavy atom. The Kier molecular flexibility index (Phi) is 4.46. The van der Waals surface area contributed by atoms with Crippen LogP contribution in [-0.2, 0) is 14.8 Å². The smallest absolute Gasteiger partial charge is 0.242 e. The summed E-state index contributed by atoms with van der Waals surface area (Å²) in [6.45, 7) is 1.08. The monoisotopic (exact) mass is 301 g/mol. The highest BCUT2D eigenvalue weighted by molar-refractivity contribution is 7.89. The molecule has 0 bridgehead atoms. The van der Waals surface area contributed by atoms with Crippen LogP contribution < -0.4 is 10.5 Å². The van der Waals surface area contributed by atoms with Crippen LogP contribution in [0.4, 0.5) is 0 Å². The molecule has 1 aliphatic rings. The van der Waals surface area contributed by atoms with Crippen molar-refractivity contribution < 1.29 is 13.2 Å². The highest BCUT2D eigenvalue weighted by Crippen LogP contribution is 2.12. The number of sulfonamides is 1. The first kappa shape index (κ1) is 14.3. The van der Waals surface area contributed by atoms with Crippen molar-refractivity contribution in [2.24, 2.45) is 5.73 Å². The van der Waals surface area contributed by atoms with Gasteiger partial charge in [-0.15, -0.1) is 0 Å². The van der Waals surface area contributed by atoms with Crippen molar-refractivity contribution in [1.29, 1.82) is 0 Å². The summed E-state index contributed by atoms with van der Waals surface area (Å²) < 4.78 is 32.1. The number of hydrogen-bond donors (Lipinski definition) is 2. The molecule has 1 aromatic heterocycles. The van der Waals surface area contributed by atoms with Gasteiger partial charge in [0.25, 0.3) is 0 Å². The number of hydrogen-bond acceptors (Lipinski definition) is 5. The fourth-order valence-corrected chi connectivity index (χ4v) is 3.13. The van der Waals surface area contributed by atoms with E-state index >= 15 is 0 Å². The molecule has 0 aromatic carbocycles. The molecule has 2 rings (SSSR count). The number of nitrogens with two attached hydrogens (primary N) is 1. The van der Waals surface area contributed by atoms with Crippen molar-refractivity contribution >= 4 is 27.2 Å². The van der Waals surface area contributed by atoms with Crippen LogP contribution in [0.15, 0.2) is 23.2 Å². The van der Waals surface area contributed by atoms with Crippen molar-refractivity contribution in [2.45, 2.75) is 23.8 Å². The second-order valence-corrected chi connectivity index (χ2v) is 6.43. The van der Waals surface area contributed by atoms with Gasteiger partial charge in [-0.05, 0) is 25.0 Å². The molecular formula is C11H15N3O3S2. The molecule has 0 aliphatic carbocycles. The maximum absolute atomic E-state index is 12.1. The molecular weight excluding hydrogens is 286 g/mol. The fraction of sp³-hybridized carbons (Fsp3) is 0.455. The third-order valence-electron chi connectivity index (χ3n) is 2.78. The van der Waals surface area contributed by atoms with Gasteiger partial charge in [0.15, 0.2) is 0 Å². The predicted octanol–water partition coefficient (Wildman–Crippen LogP) is 0.173. The van der Waals surface area contributed by atoms with E-state index in [2.05, 4.69) is 9.71 Å². The van der Waals surface area contributed by atoms with E-state index in [1.165, 1.54) is 18.3 Å². The van der Waals surface area contributed by atoms with E-state index < -0.39 is 10.0 Å². The Morgan fingerprint density at radius 2 is 2.32 bits per heavy atom. The zero-order valence-electron chi connectivity index (χ0n) is 10.2. The summed E-state index contributed by atoms with van der Waals surface area (Å²) in [6, 6.07) is 2.75. The van der Waals surface area contributed by atoms with Gasteiger partial charge in [0.2, 0.25) is 10.0 Å². The second-order valence-electron chi connectivity index (χ2n) is 4.28. The third kappa shape index (κ3) is 3.69. The minimum Gasteiger partial charge on any atom is -0.388 e. The molecule has 0 spiro atoms. The molecule has 19 heavy (non-hydrogen) atoms. The first-order chi connectivity index (χ1) is 8.99. The van der Waals surface area contributed by atoms with Gasteiger partial charge in [-0.2, -0.15) is 0 Å². The standard InChI is InChI=1S/C11H15N3O3S2/c12-11(18)10-4-3-9(6-13-10)19(15,16)14-8-2-1-5-17-7-8/h3-4,6,8,14H,1-2,5,7H2,(H2,12,18). The molecule has 1 fully saturated rings. The van der Waals surface area contributed by atoms with Crippen LogP contribution in [0.5, 0.6) is 0 Å². The van der Waals surface area contributed by atoms with Crippen molar-refractivity contribution in [1.82, 2.24) is 9.71 Å². The van der Waals surface area contributed by atoms with Gasteiger partial charge in [-0.1, -0.05) is 12.2 Å². The van der Waals surface area contributed by atoms with Gasteiger partial charge in [-0.3, -0.25) is 4.98 Å². The largest absolute Gasteiger partial charge is 0.388 e. The normalized spacial score (nSPS) is 20.1. The third-order valence-corrected chi connectivity index (χ3v) is 4.50. The van der Waals surface area contributed by atoms with E-state index in [4.69, 9.17) is 22.7 Å². The lowest BCUT2D eigenvalue weighted by molar-refractivity contribution is 0.0774. The van der Waals surface area contributed by atoms with E-state index in [-0.39, 0.29) is 15.9 Å². The van der Waals surface area contributed by atoms with Crippen LogP contribution in [0.3, 0.4) is 0 Å². The highest BCUT2D eigenvalue weighted by atomic mass is 32.2. The van der Waals surface area contributed by atoms with E-state index in [1.807, 2.05) is 0 Å². The lowest BCUT2D eigenvalue weighted by Gasteiger charge is -2.22. The van der Waals surface area contributed by atoms with Gasteiger partial charge in [-0.25, -0.2) is 13.1 Å². The second kappa shape index (κ2) is 5.91. The quantitative estimate of drug-likeness (QED) is 0.770. The molecule has 0 radical (unpaired) electrons. The molecule has 104 valence electrons. The topological polar surface area (TPSA) is 94.3 Å². The van der Waals surface area contributed by atoms with Crippen molar-refractivity contribution in [3.8, 4) is 0 Å². The molecule has 2 heterocycles. The number of thiocarbonyl (C=S) groups is 1. The fourth-order valence-electron chi connectivity index (χ4n) is 1.81. The summed E-state index contributed by atoms with van der Waals surface area (Å²) in [7, 11) is -3.58. The zero-order chi connectivity index (χ0) is 13.9. The Labute approximate surface area is 117 Å². The summed E-state index contributed by atoms with van der Waals surface area (Å²) in [5.74, 6) is 0. The Hall–Kier alpha value is -1.09. The van der Waals surface area contributed by atoms with E-state index in [1.54, 1.807) is 0 Å².